The minimum absolute atomic E-state index is 0.0314. The summed E-state index contributed by atoms with van der Waals surface area (Å²) in [5, 5.41) is 10.8. The Morgan fingerprint density at radius 3 is 2.70 bits per heavy atom. The number of rotatable bonds is 5. The van der Waals surface area contributed by atoms with E-state index in [0.717, 1.165) is 17.1 Å². The summed E-state index contributed by atoms with van der Waals surface area (Å²) in [5.74, 6) is -1.60. The molecule has 0 spiro atoms. The molecule has 0 aliphatic rings. The first-order chi connectivity index (χ1) is 9.45. The van der Waals surface area contributed by atoms with Gasteiger partial charge in [0.1, 0.15) is 5.82 Å². The summed E-state index contributed by atoms with van der Waals surface area (Å²) in [4.78, 5) is 13.9. The molecular weight excluding hydrogens is 345 g/mol. The van der Waals surface area contributed by atoms with Crippen LogP contribution in [0.4, 0.5) is 4.39 Å². The van der Waals surface area contributed by atoms with Gasteiger partial charge in [-0.2, -0.15) is 0 Å². The molecule has 106 valence electrons. The minimum atomic E-state index is -1.12. The van der Waals surface area contributed by atoms with Gasteiger partial charge in [-0.15, -0.1) is 11.3 Å². The van der Waals surface area contributed by atoms with Crippen LogP contribution in [-0.4, -0.2) is 23.0 Å². The fraction of sp³-hybridized carbons (Fsp3) is 0.214. The highest BCUT2D eigenvalue weighted by molar-refractivity contribution is 9.10. The van der Waals surface area contributed by atoms with E-state index in [2.05, 4.69) is 15.9 Å². The van der Waals surface area contributed by atoms with E-state index in [0.29, 0.717) is 12.1 Å². The zero-order chi connectivity index (χ0) is 14.7. The highest BCUT2D eigenvalue weighted by Crippen LogP contribution is 2.21. The smallest absolute Gasteiger partial charge is 0.335 e. The lowest BCUT2D eigenvalue weighted by Gasteiger charge is -2.16. The molecule has 1 N–H and O–H groups in total. The monoisotopic (exact) mass is 357 g/mol. The lowest BCUT2D eigenvalue weighted by Crippen LogP contribution is -2.17. The number of hydrogen-bond acceptors (Lipinski definition) is 3. The maximum atomic E-state index is 13.8. The van der Waals surface area contributed by atoms with Gasteiger partial charge in [0.2, 0.25) is 0 Å². The standard InChI is InChI=1S/C14H13BrFNO2S/c1-17(7-12-5-11(15)8-20-12)6-10-3-2-9(14(18)19)4-13(10)16/h2-5,8H,6-7H2,1H3,(H,18,19). The van der Waals surface area contributed by atoms with Gasteiger partial charge >= 0.3 is 5.97 Å². The van der Waals surface area contributed by atoms with Gasteiger partial charge in [-0.25, -0.2) is 9.18 Å². The Balaban J connectivity index is 2.04. The first-order valence-corrected chi connectivity index (χ1v) is 7.56. The van der Waals surface area contributed by atoms with Gasteiger partial charge in [-0.3, -0.25) is 4.90 Å². The summed E-state index contributed by atoms with van der Waals surface area (Å²) in [6.45, 7) is 1.15. The van der Waals surface area contributed by atoms with Crippen LogP contribution in [0.1, 0.15) is 20.8 Å². The van der Waals surface area contributed by atoms with E-state index in [9.17, 15) is 9.18 Å². The molecule has 0 aliphatic carbocycles. The second-order valence-electron chi connectivity index (χ2n) is 4.51. The van der Waals surface area contributed by atoms with Crippen LogP contribution in [0.25, 0.3) is 0 Å². The van der Waals surface area contributed by atoms with Gasteiger partial charge < -0.3 is 5.11 Å². The number of carboxylic acids is 1. The van der Waals surface area contributed by atoms with Crippen molar-refractivity contribution in [1.82, 2.24) is 4.90 Å². The van der Waals surface area contributed by atoms with Crippen molar-refractivity contribution in [2.75, 3.05) is 7.05 Å². The van der Waals surface area contributed by atoms with Crippen LogP contribution in [0.15, 0.2) is 34.1 Å². The van der Waals surface area contributed by atoms with Crippen molar-refractivity contribution < 1.29 is 14.3 Å². The van der Waals surface area contributed by atoms with Crippen molar-refractivity contribution in [2.45, 2.75) is 13.1 Å². The molecule has 0 fully saturated rings. The molecule has 0 atom stereocenters. The van der Waals surface area contributed by atoms with Gasteiger partial charge in [-0.1, -0.05) is 6.07 Å². The van der Waals surface area contributed by atoms with Crippen molar-refractivity contribution in [1.29, 1.82) is 0 Å². The van der Waals surface area contributed by atoms with Gasteiger partial charge in [0, 0.05) is 33.4 Å². The zero-order valence-corrected chi connectivity index (χ0v) is 13.2. The fourth-order valence-electron chi connectivity index (χ4n) is 1.86. The van der Waals surface area contributed by atoms with Crippen LogP contribution in [-0.2, 0) is 13.1 Å². The van der Waals surface area contributed by atoms with E-state index in [1.54, 1.807) is 11.3 Å². The molecule has 0 saturated carbocycles. The second kappa shape index (κ2) is 6.47. The molecule has 3 nitrogen and oxygen atoms in total. The van der Waals surface area contributed by atoms with E-state index in [4.69, 9.17) is 5.11 Å². The third kappa shape index (κ3) is 3.88. The molecule has 20 heavy (non-hydrogen) atoms. The number of aromatic carboxylic acids is 1. The summed E-state index contributed by atoms with van der Waals surface area (Å²) in [7, 11) is 1.90. The van der Waals surface area contributed by atoms with Crippen molar-refractivity contribution >= 4 is 33.2 Å². The highest BCUT2D eigenvalue weighted by atomic mass is 79.9. The van der Waals surface area contributed by atoms with Crippen LogP contribution >= 0.6 is 27.3 Å². The van der Waals surface area contributed by atoms with E-state index in [1.807, 2.05) is 23.4 Å². The normalized spacial score (nSPS) is 11.0. The largest absolute Gasteiger partial charge is 0.478 e. The summed E-state index contributed by atoms with van der Waals surface area (Å²) in [6, 6.07) is 6.05. The maximum Gasteiger partial charge on any atom is 0.335 e. The molecule has 6 heteroatoms. The van der Waals surface area contributed by atoms with Crippen LogP contribution in [0.2, 0.25) is 0 Å². The lowest BCUT2D eigenvalue weighted by molar-refractivity contribution is 0.0696. The lowest BCUT2D eigenvalue weighted by atomic mass is 10.1. The van der Waals surface area contributed by atoms with Crippen LogP contribution in [0.3, 0.4) is 0 Å². The van der Waals surface area contributed by atoms with Gasteiger partial charge in [0.15, 0.2) is 0 Å². The Kier molecular flexibility index (Phi) is 4.91. The Hall–Kier alpha value is -1.24. The molecular formula is C14H13BrFNO2S. The molecule has 0 unspecified atom stereocenters. The van der Waals surface area contributed by atoms with Crippen LogP contribution < -0.4 is 0 Å². The molecule has 0 bridgehead atoms. The minimum Gasteiger partial charge on any atom is -0.478 e. The third-order valence-corrected chi connectivity index (χ3v) is 4.47. The van der Waals surface area contributed by atoms with E-state index < -0.39 is 11.8 Å². The predicted octanol–water partition coefficient (Wildman–Crippen LogP) is 3.98. The number of carbonyl (C=O) groups is 1. The Bertz CT molecular complexity index is 629. The van der Waals surface area contributed by atoms with Crippen molar-refractivity contribution in [3.63, 3.8) is 0 Å². The van der Waals surface area contributed by atoms with Crippen molar-refractivity contribution in [3.8, 4) is 0 Å². The summed E-state index contributed by atoms with van der Waals surface area (Å²) in [5.41, 5.74) is 0.462. The van der Waals surface area contributed by atoms with Crippen LogP contribution in [0.5, 0.6) is 0 Å². The summed E-state index contributed by atoms with van der Waals surface area (Å²) in [6.07, 6.45) is 0. The number of benzene rings is 1. The van der Waals surface area contributed by atoms with E-state index >= 15 is 0 Å². The predicted molar refractivity (Wildman–Crippen MR) is 80.5 cm³/mol. The zero-order valence-electron chi connectivity index (χ0n) is 10.8. The molecule has 0 amide bonds. The number of hydrogen-bond donors (Lipinski definition) is 1. The average molecular weight is 358 g/mol. The maximum absolute atomic E-state index is 13.8. The highest BCUT2D eigenvalue weighted by Gasteiger charge is 2.11. The molecule has 2 aromatic rings. The molecule has 0 radical (unpaired) electrons. The summed E-state index contributed by atoms with van der Waals surface area (Å²) < 4.78 is 14.9. The van der Waals surface area contributed by atoms with Gasteiger partial charge in [0.05, 0.1) is 5.56 Å². The van der Waals surface area contributed by atoms with E-state index in [-0.39, 0.29) is 5.56 Å². The third-order valence-electron chi connectivity index (χ3n) is 2.79. The quantitative estimate of drug-likeness (QED) is 0.879. The molecule has 1 heterocycles. The number of halogens is 2. The topological polar surface area (TPSA) is 40.5 Å². The second-order valence-corrected chi connectivity index (χ2v) is 6.43. The van der Waals surface area contributed by atoms with E-state index in [1.165, 1.54) is 17.0 Å². The van der Waals surface area contributed by atoms with Gasteiger partial charge in [-0.05, 0) is 41.2 Å². The first-order valence-electron chi connectivity index (χ1n) is 5.89. The number of carboxylic acid groups (broad SMARTS) is 1. The Morgan fingerprint density at radius 2 is 2.15 bits per heavy atom. The van der Waals surface area contributed by atoms with Crippen LogP contribution in [0, 0.1) is 5.82 Å². The van der Waals surface area contributed by atoms with Crippen molar-refractivity contribution in [3.05, 3.63) is 55.9 Å². The molecule has 0 saturated heterocycles. The first kappa shape index (κ1) is 15.2. The average Bonchev–Trinajstić information content (AvgIpc) is 2.77. The molecule has 0 aliphatic heterocycles. The SMILES string of the molecule is CN(Cc1cc(Br)cs1)Cc1ccc(C(=O)O)cc1F. The molecule has 2 rings (SSSR count). The fourth-order valence-corrected chi connectivity index (χ4v) is 3.39. The van der Waals surface area contributed by atoms with Gasteiger partial charge in [0.25, 0.3) is 0 Å². The Morgan fingerprint density at radius 1 is 1.40 bits per heavy atom. The number of thiophene rings is 1. The molecule has 1 aromatic heterocycles. The summed E-state index contributed by atoms with van der Waals surface area (Å²) >= 11 is 5.04. The Labute approximate surface area is 128 Å². The van der Waals surface area contributed by atoms with Crippen molar-refractivity contribution in [2.24, 2.45) is 0 Å². The molecule has 1 aromatic carbocycles. The number of nitrogens with zero attached hydrogens (tertiary/aromatic N) is 1.